The first kappa shape index (κ1) is 19.4. The third-order valence-electron chi connectivity index (χ3n) is 4.20. The van der Waals surface area contributed by atoms with Crippen LogP contribution in [0.15, 0.2) is 42.5 Å². The summed E-state index contributed by atoms with van der Waals surface area (Å²) in [6, 6.07) is 11.9. The van der Waals surface area contributed by atoms with Crippen LogP contribution in [0.3, 0.4) is 0 Å². The van der Waals surface area contributed by atoms with Crippen molar-refractivity contribution in [1.82, 2.24) is 5.32 Å². The molecule has 1 unspecified atom stereocenters. The lowest BCUT2D eigenvalue weighted by molar-refractivity contribution is -0.385. The summed E-state index contributed by atoms with van der Waals surface area (Å²) >= 11 is 0. The molecule has 1 amide bonds. The van der Waals surface area contributed by atoms with Gasteiger partial charge in [-0.2, -0.15) is 0 Å². The zero-order valence-electron chi connectivity index (χ0n) is 15.5. The third-order valence-corrected chi connectivity index (χ3v) is 4.20. The Labute approximate surface area is 153 Å². The van der Waals surface area contributed by atoms with Crippen molar-refractivity contribution in [2.24, 2.45) is 5.92 Å². The number of nitrogens with zero attached hydrogens (tertiary/aromatic N) is 1. The number of carbonyl (C=O) groups excluding carboxylic acids is 1. The van der Waals surface area contributed by atoms with E-state index in [1.165, 1.54) is 6.07 Å². The normalized spacial score (nSPS) is 11.9. The molecule has 1 N–H and O–H groups in total. The molecule has 2 rings (SSSR count). The molecule has 2 aromatic carbocycles. The molecular weight excluding hydrogens is 332 g/mol. The van der Waals surface area contributed by atoms with Gasteiger partial charge in [0, 0.05) is 17.2 Å². The summed E-state index contributed by atoms with van der Waals surface area (Å²) < 4.78 is 5.18. The molecule has 0 fully saturated rings. The molecule has 2 aromatic rings. The Bertz CT molecular complexity index is 785. The van der Waals surface area contributed by atoms with E-state index in [1.807, 2.05) is 24.3 Å². The number of nitro groups is 1. The van der Waals surface area contributed by atoms with Gasteiger partial charge in [-0.05, 0) is 43.0 Å². The molecule has 1 atom stereocenters. The Balaban J connectivity index is 2.25. The molecule has 0 saturated carbocycles. The van der Waals surface area contributed by atoms with Gasteiger partial charge in [0.2, 0.25) is 0 Å². The van der Waals surface area contributed by atoms with E-state index >= 15 is 0 Å². The summed E-state index contributed by atoms with van der Waals surface area (Å²) in [5.74, 6) is 0.793. The Morgan fingerprint density at radius 1 is 1.19 bits per heavy atom. The minimum atomic E-state index is -0.471. The molecule has 0 saturated heterocycles. The number of aryl methyl sites for hydroxylation is 1. The highest BCUT2D eigenvalue weighted by atomic mass is 16.6. The van der Waals surface area contributed by atoms with Crippen LogP contribution in [0.5, 0.6) is 5.75 Å². The van der Waals surface area contributed by atoms with Crippen molar-refractivity contribution < 1.29 is 14.5 Å². The van der Waals surface area contributed by atoms with Crippen LogP contribution < -0.4 is 10.1 Å². The molecule has 6 nitrogen and oxygen atoms in total. The molecule has 138 valence electrons. The van der Waals surface area contributed by atoms with Gasteiger partial charge in [0.15, 0.2) is 0 Å². The van der Waals surface area contributed by atoms with Crippen molar-refractivity contribution in [1.29, 1.82) is 0 Å². The van der Waals surface area contributed by atoms with E-state index in [-0.39, 0.29) is 23.2 Å². The summed E-state index contributed by atoms with van der Waals surface area (Å²) in [6.07, 6.45) is 0.756. The van der Waals surface area contributed by atoms with Gasteiger partial charge in [-0.3, -0.25) is 14.9 Å². The lowest BCUT2D eigenvalue weighted by atomic mass is 9.96. The fraction of sp³-hybridized carbons (Fsp3) is 0.350. The number of benzene rings is 2. The number of rotatable bonds is 7. The smallest absolute Gasteiger partial charge is 0.273 e. The molecule has 0 radical (unpaired) electrons. The topological polar surface area (TPSA) is 81.5 Å². The van der Waals surface area contributed by atoms with Crippen molar-refractivity contribution in [3.05, 3.63) is 69.3 Å². The van der Waals surface area contributed by atoms with Crippen molar-refractivity contribution in [3.63, 3.8) is 0 Å². The summed E-state index contributed by atoms with van der Waals surface area (Å²) in [5, 5.41) is 14.1. The highest BCUT2D eigenvalue weighted by Crippen LogP contribution is 2.25. The molecule has 0 spiro atoms. The standard InChI is InChI=1S/C20H24N2O4/c1-13(2)11-18(15-7-9-17(26-4)10-8-15)21-20(23)16-6-5-14(3)19(12-16)22(24)25/h5-10,12-13,18H,11H2,1-4H3,(H,21,23). The lowest BCUT2D eigenvalue weighted by Crippen LogP contribution is -2.29. The van der Waals surface area contributed by atoms with Crippen molar-refractivity contribution in [2.45, 2.75) is 33.2 Å². The van der Waals surface area contributed by atoms with Crippen LogP contribution >= 0.6 is 0 Å². The lowest BCUT2D eigenvalue weighted by Gasteiger charge is -2.21. The fourth-order valence-electron chi connectivity index (χ4n) is 2.77. The number of carbonyl (C=O) groups is 1. The van der Waals surface area contributed by atoms with Crippen LogP contribution in [0.4, 0.5) is 5.69 Å². The van der Waals surface area contributed by atoms with E-state index < -0.39 is 4.92 Å². The number of nitro benzene ring substituents is 1. The number of hydrogen-bond donors (Lipinski definition) is 1. The maximum atomic E-state index is 12.7. The predicted molar refractivity (Wildman–Crippen MR) is 100 cm³/mol. The number of nitrogens with one attached hydrogen (secondary N) is 1. The van der Waals surface area contributed by atoms with Crippen LogP contribution in [0.1, 0.15) is 47.8 Å². The quantitative estimate of drug-likeness (QED) is 0.588. The summed E-state index contributed by atoms with van der Waals surface area (Å²) in [5.41, 5.74) is 1.72. The maximum Gasteiger partial charge on any atom is 0.273 e. The van der Waals surface area contributed by atoms with Gasteiger partial charge in [0.1, 0.15) is 5.75 Å². The Morgan fingerprint density at radius 2 is 1.85 bits per heavy atom. The monoisotopic (exact) mass is 356 g/mol. The SMILES string of the molecule is COc1ccc(C(CC(C)C)NC(=O)c2ccc(C)c([N+](=O)[O-])c2)cc1. The zero-order valence-corrected chi connectivity index (χ0v) is 15.5. The van der Waals surface area contributed by atoms with Gasteiger partial charge >= 0.3 is 0 Å². The number of amides is 1. The van der Waals surface area contributed by atoms with Crippen molar-refractivity contribution in [3.8, 4) is 5.75 Å². The predicted octanol–water partition coefficient (Wildman–Crippen LogP) is 4.43. The maximum absolute atomic E-state index is 12.7. The van der Waals surface area contributed by atoms with Gasteiger partial charge in [-0.15, -0.1) is 0 Å². The van der Waals surface area contributed by atoms with Crippen LogP contribution in [-0.2, 0) is 0 Å². The summed E-state index contributed by atoms with van der Waals surface area (Å²) in [7, 11) is 1.60. The van der Waals surface area contributed by atoms with Gasteiger partial charge in [0.25, 0.3) is 11.6 Å². The van der Waals surface area contributed by atoms with Gasteiger partial charge < -0.3 is 10.1 Å². The third kappa shape index (κ3) is 4.81. The molecule has 0 aliphatic heterocycles. The average molecular weight is 356 g/mol. The van der Waals surface area contributed by atoms with Crippen LogP contribution in [0.2, 0.25) is 0 Å². The van der Waals surface area contributed by atoms with E-state index in [4.69, 9.17) is 4.74 Å². The van der Waals surface area contributed by atoms with E-state index in [9.17, 15) is 14.9 Å². The van der Waals surface area contributed by atoms with Gasteiger partial charge in [-0.25, -0.2) is 0 Å². The van der Waals surface area contributed by atoms with E-state index in [1.54, 1.807) is 26.2 Å². The minimum absolute atomic E-state index is 0.0532. The summed E-state index contributed by atoms with van der Waals surface area (Å²) in [6.45, 7) is 5.82. The highest BCUT2D eigenvalue weighted by molar-refractivity contribution is 5.95. The van der Waals surface area contributed by atoms with E-state index in [2.05, 4.69) is 19.2 Å². The van der Waals surface area contributed by atoms with E-state index in [0.29, 0.717) is 11.5 Å². The number of hydrogen-bond acceptors (Lipinski definition) is 4. The van der Waals surface area contributed by atoms with Crippen LogP contribution in [-0.4, -0.2) is 17.9 Å². The Kier molecular flexibility index (Phi) is 6.33. The Hall–Kier alpha value is -2.89. The molecule has 6 heteroatoms. The largest absolute Gasteiger partial charge is 0.497 e. The summed E-state index contributed by atoms with van der Waals surface area (Å²) in [4.78, 5) is 23.3. The molecule has 0 aliphatic rings. The molecule has 26 heavy (non-hydrogen) atoms. The number of methoxy groups -OCH3 is 1. The molecule has 0 aromatic heterocycles. The van der Waals surface area contributed by atoms with Crippen molar-refractivity contribution >= 4 is 11.6 Å². The van der Waals surface area contributed by atoms with Crippen LogP contribution in [0, 0.1) is 23.0 Å². The second-order valence-electron chi connectivity index (χ2n) is 6.69. The first-order chi connectivity index (χ1) is 12.3. The molecule has 0 aliphatic carbocycles. The first-order valence-electron chi connectivity index (χ1n) is 8.51. The van der Waals surface area contributed by atoms with Gasteiger partial charge in [0.05, 0.1) is 18.1 Å². The number of ether oxygens (including phenoxy) is 1. The average Bonchev–Trinajstić information content (AvgIpc) is 2.61. The second kappa shape index (κ2) is 8.47. The second-order valence-corrected chi connectivity index (χ2v) is 6.69. The molecular formula is C20H24N2O4. The van der Waals surface area contributed by atoms with Crippen molar-refractivity contribution in [2.75, 3.05) is 7.11 Å². The Morgan fingerprint density at radius 3 is 2.38 bits per heavy atom. The highest BCUT2D eigenvalue weighted by Gasteiger charge is 2.20. The van der Waals surface area contributed by atoms with Gasteiger partial charge in [-0.1, -0.05) is 32.0 Å². The minimum Gasteiger partial charge on any atom is -0.497 e. The zero-order chi connectivity index (χ0) is 19.3. The molecule has 0 heterocycles. The first-order valence-corrected chi connectivity index (χ1v) is 8.51. The van der Waals surface area contributed by atoms with Crippen LogP contribution in [0.25, 0.3) is 0 Å². The fourth-order valence-corrected chi connectivity index (χ4v) is 2.77. The molecule has 0 bridgehead atoms. The van der Waals surface area contributed by atoms with E-state index in [0.717, 1.165) is 17.7 Å².